The third kappa shape index (κ3) is 4.24. The topological polar surface area (TPSA) is 95.5 Å². The zero-order valence-corrected chi connectivity index (χ0v) is 17.3. The Hall–Kier alpha value is -2.56. The Morgan fingerprint density at radius 3 is 2.52 bits per heavy atom. The van der Waals surface area contributed by atoms with Crippen molar-refractivity contribution in [2.75, 3.05) is 32.7 Å². The van der Waals surface area contributed by atoms with Gasteiger partial charge in [-0.3, -0.25) is 0 Å². The minimum Gasteiger partial charge on any atom is -0.338 e. The maximum absolute atomic E-state index is 13.0. The molecule has 2 aromatic carbocycles. The molecule has 0 saturated carbocycles. The Bertz CT molecular complexity index is 1090. The van der Waals surface area contributed by atoms with Crippen LogP contribution in [0.3, 0.4) is 0 Å². The van der Waals surface area contributed by atoms with Crippen LogP contribution in [-0.2, 0) is 16.4 Å². The number of sulfonamides is 1. The second-order valence-electron chi connectivity index (χ2n) is 6.75. The zero-order valence-electron chi connectivity index (χ0n) is 15.7. The van der Waals surface area contributed by atoms with Gasteiger partial charge in [0.05, 0.1) is 11.7 Å². The summed E-state index contributed by atoms with van der Waals surface area (Å²) < 4.78 is 35.8. The van der Waals surface area contributed by atoms with Crippen molar-refractivity contribution in [3.05, 3.63) is 54.1 Å². The number of carbonyl (C=O) groups is 1. The van der Waals surface area contributed by atoms with E-state index >= 15 is 0 Å². The molecule has 0 atom stereocenters. The van der Waals surface area contributed by atoms with Crippen LogP contribution in [0.4, 0.5) is 4.79 Å². The minimum atomic E-state index is -3.68. The van der Waals surface area contributed by atoms with Gasteiger partial charge in [-0.1, -0.05) is 36.4 Å². The van der Waals surface area contributed by atoms with Gasteiger partial charge in [-0.25, -0.2) is 13.2 Å². The van der Waals surface area contributed by atoms with Gasteiger partial charge in [0, 0.05) is 32.7 Å². The first-order chi connectivity index (χ1) is 14.1. The summed E-state index contributed by atoms with van der Waals surface area (Å²) in [6, 6.07) is 14.8. The molecule has 4 rings (SSSR count). The summed E-state index contributed by atoms with van der Waals surface area (Å²) in [5, 5.41) is 2.91. The fourth-order valence-corrected chi connectivity index (χ4v) is 5.51. The van der Waals surface area contributed by atoms with E-state index < -0.39 is 10.0 Å². The van der Waals surface area contributed by atoms with Crippen molar-refractivity contribution in [1.82, 2.24) is 23.3 Å². The number of hydrogen-bond acceptors (Lipinski definition) is 6. The smallest absolute Gasteiger partial charge is 0.317 e. The van der Waals surface area contributed by atoms with E-state index in [2.05, 4.69) is 14.1 Å². The Morgan fingerprint density at radius 1 is 1.00 bits per heavy atom. The van der Waals surface area contributed by atoms with Gasteiger partial charge in [-0.15, -0.1) is 0 Å². The summed E-state index contributed by atoms with van der Waals surface area (Å²) in [4.78, 5) is 14.2. The number of carbonyl (C=O) groups excluding carboxylic acids is 1. The molecule has 1 aliphatic rings. The van der Waals surface area contributed by atoms with Crippen molar-refractivity contribution < 1.29 is 13.2 Å². The lowest BCUT2D eigenvalue weighted by Crippen LogP contribution is -2.53. The lowest BCUT2D eigenvalue weighted by atomic mass is 10.1. The summed E-state index contributed by atoms with van der Waals surface area (Å²) in [5.74, 6) is 0. The average Bonchev–Trinajstić information content (AvgIpc) is 3.23. The van der Waals surface area contributed by atoms with Crippen LogP contribution < -0.4 is 5.32 Å². The highest BCUT2D eigenvalue weighted by molar-refractivity contribution is 7.89. The molecule has 2 amide bonds. The minimum absolute atomic E-state index is 0.163. The van der Waals surface area contributed by atoms with Crippen LogP contribution in [-0.4, -0.2) is 65.1 Å². The van der Waals surface area contributed by atoms with Crippen LogP contribution in [0.5, 0.6) is 0 Å². The van der Waals surface area contributed by atoms with Gasteiger partial charge in [0.15, 0.2) is 0 Å². The second-order valence-corrected chi connectivity index (χ2v) is 9.18. The van der Waals surface area contributed by atoms with Crippen molar-refractivity contribution in [2.45, 2.75) is 11.3 Å². The van der Waals surface area contributed by atoms with Crippen LogP contribution in [0.1, 0.15) is 5.56 Å². The van der Waals surface area contributed by atoms with Gasteiger partial charge >= 0.3 is 6.03 Å². The summed E-state index contributed by atoms with van der Waals surface area (Å²) >= 11 is 0.996. The highest BCUT2D eigenvalue weighted by atomic mass is 32.2. The first kappa shape index (κ1) is 19.7. The average molecular weight is 432 g/mol. The fourth-order valence-electron chi connectivity index (χ4n) is 3.33. The first-order valence-electron chi connectivity index (χ1n) is 9.34. The molecule has 1 aliphatic heterocycles. The third-order valence-corrected chi connectivity index (χ3v) is 7.40. The maximum Gasteiger partial charge on any atom is 0.317 e. The summed E-state index contributed by atoms with van der Waals surface area (Å²) in [7, 11) is -3.68. The molecule has 3 aromatic rings. The van der Waals surface area contributed by atoms with E-state index in [9.17, 15) is 13.2 Å². The van der Waals surface area contributed by atoms with Crippen molar-refractivity contribution in [2.24, 2.45) is 0 Å². The number of piperazine rings is 1. The Labute approximate surface area is 173 Å². The highest BCUT2D eigenvalue weighted by Crippen LogP contribution is 2.25. The van der Waals surface area contributed by atoms with Gasteiger partial charge in [-0.2, -0.15) is 13.1 Å². The van der Waals surface area contributed by atoms with Crippen LogP contribution in [0.15, 0.2) is 53.4 Å². The number of rotatable bonds is 5. The molecule has 29 heavy (non-hydrogen) atoms. The van der Waals surface area contributed by atoms with E-state index in [1.54, 1.807) is 23.1 Å². The molecule has 0 spiro atoms. The molecule has 0 aliphatic carbocycles. The zero-order chi connectivity index (χ0) is 20.3. The quantitative estimate of drug-likeness (QED) is 0.666. The molecule has 1 N–H and O–H groups in total. The lowest BCUT2D eigenvalue weighted by molar-refractivity contribution is 0.172. The predicted octanol–water partition coefficient (Wildman–Crippen LogP) is 1.95. The molecule has 1 fully saturated rings. The third-order valence-electron chi connectivity index (χ3n) is 4.93. The van der Waals surface area contributed by atoms with Crippen molar-refractivity contribution in [1.29, 1.82) is 0 Å². The Kier molecular flexibility index (Phi) is 5.74. The first-order valence-corrected chi connectivity index (χ1v) is 11.5. The normalized spacial score (nSPS) is 15.5. The van der Waals surface area contributed by atoms with Gasteiger partial charge < -0.3 is 10.2 Å². The molecule has 0 unspecified atom stereocenters. The number of hydrogen-bond donors (Lipinski definition) is 1. The van der Waals surface area contributed by atoms with E-state index in [1.807, 2.05) is 30.3 Å². The van der Waals surface area contributed by atoms with Crippen LogP contribution >= 0.6 is 11.7 Å². The maximum atomic E-state index is 13.0. The number of aromatic nitrogens is 2. The van der Waals surface area contributed by atoms with E-state index in [4.69, 9.17) is 0 Å². The predicted molar refractivity (Wildman–Crippen MR) is 111 cm³/mol. The van der Waals surface area contributed by atoms with Crippen LogP contribution in [0.2, 0.25) is 0 Å². The summed E-state index contributed by atoms with van der Waals surface area (Å²) in [6.07, 6.45) is 0.757. The highest BCUT2D eigenvalue weighted by Gasteiger charge is 2.31. The number of urea groups is 1. The van der Waals surface area contributed by atoms with E-state index in [-0.39, 0.29) is 24.0 Å². The monoisotopic (exact) mass is 431 g/mol. The van der Waals surface area contributed by atoms with Crippen LogP contribution in [0.25, 0.3) is 11.0 Å². The standard InChI is InChI=1S/C19H21N5O3S2/c25-19(20-10-9-15-5-2-1-3-6-15)23-11-13-24(14-12-23)29(26,27)17-8-4-7-16-18(17)22-28-21-16/h1-8H,9-14H2,(H,20,25). The van der Waals surface area contributed by atoms with Gasteiger partial charge in [0.25, 0.3) is 0 Å². The number of benzene rings is 2. The summed E-state index contributed by atoms with van der Waals surface area (Å²) in [5.41, 5.74) is 2.14. The van der Waals surface area contributed by atoms with Gasteiger partial charge in [-0.05, 0) is 24.1 Å². The van der Waals surface area contributed by atoms with Crippen molar-refractivity contribution in [3.8, 4) is 0 Å². The molecule has 152 valence electrons. The fraction of sp³-hybridized carbons (Fsp3) is 0.316. The molecule has 1 saturated heterocycles. The molecule has 2 heterocycles. The van der Waals surface area contributed by atoms with Crippen molar-refractivity contribution >= 4 is 38.8 Å². The second kappa shape index (κ2) is 8.44. The Morgan fingerprint density at radius 2 is 1.76 bits per heavy atom. The van der Waals surface area contributed by atoms with E-state index in [0.717, 1.165) is 23.7 Å². The van der Waals surface area contributed by atoms with Crippen molar-refractivity contribution in [3.63, 3.8) is 0 Å². The molecule has 10 heteroatoms. The molecule has 8 nitrogen and oxygen atoms in total. The van der Waals surface area contributed by atoms with E-state index in [0.29, 0.717) is 30.7 Å². The number of amides is 2. The lowest BCUT2D eigenvalue weighted by Gasteiger charge is -2.34. The molecule has 0 radical (unpaired) electrons. The molecule has 1 aromatic heterocycles. The van der Waals surface area contributed by atoms with Crippen LogP contribution in [0, 0.1) is 0 Å². The Balaban J connectivity index is 1.34. The summed E-state index contributed by atoms with van der Waals surface area (Å²) in [6.45, 7) is 1.74. The molecular formula is C19H21N5O3S2. The number of nitrogens with one attached hydrogen (secondary N) is 1. The molecular weight excluding hydrogens is 410 g/mol. The van der Waals surface area contributed by atoms with E-state index in [1.165, 1.54) is 4.31 Å². The largest absolute Gasteiger partial charge is 0.338 e. The number of nitrogens with zero attached hydrogens (tertiary/aromatic N) is 4. The SMILES string of the molecule is O=C(NCCc1ccccc1)N1CCN(S(=O)(=O)c2cccc3nsnc23)CC1. The van der Waals surface area contributed by atoms with Gasteiger partial charge in [0.1, 0.15) is 15.9 Å². The number of fused-ring (bicyclic) bond motifs is 1. The molecule has 0 bridgehead atoms. The van der Waals surface area contributed by atoms with Gasteiger partial charge in [0.2, 0.25) is 10.0 Å².